The number of fused-ring (bicyclic) bond motifs is 1. The molecule has 3 aromatic rings. The maximum atomic E-state index is 10.9. The van der Waals surface area contributed by atoms with Crippen LogP contribution in [0.5, 0.6) is 0 Å². The van der Waals surface area contributed by atoms with E-state index in [0.717, 1.165) is 78.8 Å². The topological polar surface area (TPSA) is 74.6 Å². The van der Waals surface area contributed by atoms with E-state index in [1.165, 1.54) is 5.69 Å². The number of aliphatic hydroxyl groups excluding tert-OH is 1. The minimum atomic E-state index is -0.521. The second-order valence-electron chi connectivity index (χ2n) is 8.10. The Morgan fingerprint density at radius 2 is 2.00 bits per heavy atom. The third-order valence-corrected chi connectivity index (χ3v) is 7.05. The first-order valence-electron chi connectivity index (χ1n) is 10.6. The van der Waals surface area contributed by atoms with Crippen LogP contribution in [-0.2, 0) is 4.74 Å². The number of aliphatic hydroxyl groups is 1. The largest absolute Gasteiger partial charge is 0.386 e. The molecule has 2 saturated heterocycles. The minimum absolute atomic E-state index is 0.155. The summed E-state index contributed by atoms with van der Waals surface area (Å²) in [5.41, 5.74) is 2.14. The summed E-state index contributed by atoms with van der Waals surface area (Å²) in [5, 5.41) is 12.8. The smallest absolute Gasteiger partial charge is 0.139 e. The van der Waals surface area contributed by atoms with Gasteiger partial charge in [0.2, 0.25) is 0 Å². The molecule has 158 valence electrons. The molecular formula is C22H27N5O2S. The Hall–Kier alpha value is -2.29. The van der Waals surface area contributed by atoms with Crippen LogP contribution in [0.1, 0.15) is 28.8 Å². The highest BCUT2D eigenvalue weighted by Gasteiger charge is 2.30. The SMILES string of the molecule is Cc1cnc(C(O)C2CCCN(c3ncnc4cc(N5CCOCC5)ccc34)C2)s1. The quantitative estimate of drug-likeness (QED) is 0.688. The predicted octanol–water partition coefficient (Wildman–Crippen LogP) is 3.18. The number of aryl methyl sites for hydroxylation is 1. The van der Waals surface area contributed by atoms with Gasteiger partial charge in [-0.1, -0.05) is 0 Å². The highest BCUT2D eigenvalue weighted by atomic mass is 32.1. The Labute approximate surface area is 180 Å². The monoisotopic (exact) mass is 425 g/mol. The Kier molecular flexibility index (Phi) is 5.54. The number of rotatable bonds is 4. The van der Waals surface area contributed by atoms with Crippen molar-refractivity contribution in [2.75, 3.05) is 49.2 Å². The molecule has 0 radical (unpaired) electrons. The highest BCUT2D eigenvalue weighted by molar-refractivity contribution is 7.11. The van der Waals surface area contributed by atoms with Gasteiger partial charge < -0.3 is 19.6 Å². The molecule has 0 bridgehead atoms. The fourth-order valence-corrected chi connectivity index (χ4v) is 5.33. The van der Waals surface area contributed by atoms with E-state index >= 15 is 0 Å². The first kappa shape index (κ1) is 19.7. The third-order valence-electron chi connectivity index (χ3n) is 6.07. The Morgan fingerprint density at radius 1 is 1.13 bits per heavy atom. The summed E-state index contributed by atoms with van der Waals surface area (Å²) in [6, 6.07) is 6.45. The van der Waals surface area contributed by atoms with E-state index in [1.54, 1.807) is 17.7 Å². The number of morpholine rings is 1. The van der Waals surface area contributed by atoms with Crippen LogP contribution >= 0.6 is 11.3 Å². The minimum Gasteiger partial charge on any atom is -0.386 e. The van der Waals surface area contributed by atoms with Crippen molar-refractivity contribution in [2.24, 2.45) is 5.92 Å². The lowest BCUT2D eigenvalue weighted by Crippen LogP contribution is -2.38. The Balaban J connectivity index is 1.39. The van der Waals surface area contributed by atoms with Crippen molar-refractivity contribution in [3.63, 3.8) is 0 Å². The molecule has 30 heavy (non-hydrogen) atoms. The van der Waals surface area contributed by atoms with Crippen LogP contribution in [-0.4, -0.2) is 59.5 Å². The van der Waals surface area contributed by atoms with Gasteiger partial charge in [-0.2, -0.15) is 0 Å². The molecule has 2 aliphatic heterocycles. The van der Waals surface area contributed by atoms with Crippen LogP contribution in [0.4, 0.5) is 11.5 Å². The fourth-order valence-electron chi connectivity index (χ4n) is 4.47. The molecular weight excluding hydrogens is 398 g/mol. The van der Waals surface area contributed by atoms with Gasteiger partial charge in [-0.25, -0.2) is 15.0 Å². The number of anilines is 2. The number of hydrogen-bond donors (Lipinski definition) is 1. The van der Waals surface area contributed by atoms with Gasteiger partial charge >= 0.3 is 0 Å². The van der Waals surface area contributed by atoms with E-state index < -0.39 is 6.10 Å². The molecule has 2 aromatic heterocycles. The number of aromatic nitrogens is 3. The summed E-state index contributed by atoms with van der Waals surface area (Å²) in [6.45, 7) is 7.09. The average molecular weight is 426 g/mol. The average Bonchev–Trinajstić information content (AvgIpc) is 3.24. The van der Waals surface area contributed by atoms with Gasteiger partial charge in [0, 0.05) is 54.2 Å². The van der Waals surface area contributed by atoms with E-state index in [1.807, 2.05) is 13.1 Å². The van der Waals surface area contributed by atoms with E-state index in [4.69, 9.17) is 4.74 Å². The van der Waals surface area contributed by atoms with Crippen LogP contribution < -0.4 is 9.80 Å². The predicted molar refractivity (Wildman–Crippen MR) is 119 cm³/mol. The molecule has 1 N–H and O–H groups in total. The second-order valence-corrected chi connectivity index (χ2v) is 9.37. The number of piperidine rings is 1. The van der Waals surface area contributed by atoms with Crippen molar-refractivity contribution in [3.05, 3.63) is 40.6 Å². The molecule has 7 nitrogen and oxygen atoms in total. The van der Waals surface area contributed by atoms with Crippen molar-refractivity contribution in [3.8, 4) is 0 Å². The molecule has 4 heterocycles. The van der Waals surface area contributed by atoms with Crippen molar-refractivity contribution in [1.82, 2.24) is 15.0 Å². The Bertz CT molecular complexity index is 1020. The third kappa shape index (κ3) is 3.87. The molecule has 2 fully saturated rings. The summed E-state index contributed by atoms with van der Waals surface area (Å²) >= 11 is 1.59. The lowest BCUT2D eigenvalue weighted by atomic mass is 9.92. The van der Waals surface area contributed by atoms with Crippen molar-refractivity contribution < 1.29 is 9.84 Å². The van der Waals surface area contributed by atoms with Gasteiger partial charge in [0.15, 0.2) is 0 Å². The normalized spacial score (nSPS) is 21.2. The van der Waals surface area contributed by atoms with Crippen LogP contribution in [0.2, 0.25) is 0 Å². The molecule has 2 unspecified atom stereocenters. The maximum absolute atomic E-state index is 10.9. The van der Waals surface area contributed by atoms with Crippen molar-refractivity contribution >= 4 is 33.7 Å². The summed E-state index contributed by atoms with van der Waals surface area (Å²) in [5.74, 6) is 1.11. The van der Waals surface area contributed by atoms with E-state index in [0.29, 0.717) is 0 Å². The Morgan fingerprint density at radius 3 is 2.80 bits per heavy atom. The molecule has 0 amide bonds. The number of nitrogens with zero attached hydrogens (tertiary/aromatic N) is 5. The zero-order valence-corrected chi connectivity index (χ0v) is 18.0. The van der Waals surface area contributed by atoms with Crippen molar-refractivity contribution in [1.29, 1.82) is 0 Å². The number of thiazole rings is 1. The number of hydrogen-bond acceptors (Lipinski definition) is 8. The van der Waals surface area contributed by atoms with Gasteiger partial charge in [-0.05, 0) is 38.0 Å². The van der Waals surface area contributed by atoms with Crippen molar-refractivity contribution in [2.45, 2.75) is 25.9 Å². The molecule has 8 heteroatoms. The molecule has 5 rings (SSSR count). The van der Waals surface area contributed by atoms with Crippen LogP contribution in [0.3, 0.4) is 0 Å². The van der Waals surface area contributed by atoms with Crippen LogP contribution in [0, 0.1) is 12.8 Å². The molecule has 2 atom stereocenters. The molecule has 0 aliphatic carbocycles. The maximum Gasteiger partial charge on any atom is 0.139 e. The first-order chi connectivity index (χ1) is 14.7. The lowest BCUT2D eigenvalue weighted by Gasteiger charge is -2.35. The second kappa shape index (κ2) is 8.45. The molecule has 0 saturated carbocycles. The molecule has 1 aromatic carbocycles. The summed E-state index contributed by atoms with van der Waals surface area (Å²) in [6.07, 6.45) is 5.01. The summed E-state index contributed by atoms with van der Waals surface area (Å²) < 4.78 is 5.47. The van der Waals surface area contributed by atoms with E-state index in [2.05, 4.69) is 43.0 Å². The number of benzene rings is 1. The van der Waals surface area contributed by atoms with Gasteiger partial charge in [0.25, 0.3) is 0 Å². The van der Waals surface area contributed by atoms with E-state index in [-0.39, 0.29) is 5.92 Å². The highest BCUT2D eigenvalue weighted by Crippen LogP contribution is 2.35. The standard InChI is InChI=1S/C22H27N5O2S/c1-15-12-23-22(30-15)20(28)16-3-2-6-27(13-16)21-18-5-4-17(11-19(18)24-14-25-21)26-7-9-29-10-8-26/h4-5,11-12,14,16,20,28H,2-3,6-10,13H2,1H3. The van der Waals surface area contributed by atoms with Crippen LogP contribution in [0.25, 0.3) is 10.9 Å². The number of ether oxygens (including phenoxy) is 1. The fraction of sp³-hybridized carbons (Fsp3) is 0.500. The van der Waals surface area contributed by atoms with Gasteiger partial charge in [0.05, 0.1) is 18.7 Å². The summed E-state index contributed by atoms with van der Waals surface area (Å²) in [4.78, 5) is 19.4. The zero-order valence-electron chi connectivity index (χ0n) is 17.2. The lowest BCUT2D eigenvalue weighted by molar-refractivity contribution is 0.0977. The van der Waals surface area contributed by atoms with E-state index in [9.17, 15) is 5.11 Å². The van der Waals surface area contributed by atoms with Crippen LogP contribution in [0.15, 0.2) is 30.7 Å². The first-order valence-corrected chi connectivity index (χ1v) is 11.4. The van der Waals surface area contributed by atoms with Gasteiger partial charge in [-0.15, -0.1) is 11.3 Å². The summed E-state index contributed by atoms with van der Waals surface area (Å²) in [7, 11) is 0. The van der Waals surface area contributed by atoms with Gasteiger partial charge in [0.1, 0.15) is 23.3 Å². The van der Waals surface area contributed by atoms with Gasteiger partial charge in [-0.3, -0.25) is 0 Å². The zero-order chi connectivity index (χ0) is 20.5. The molecule has 2 aliphatic rings. The molecule has 0 spiro atoms.